The van der Waals surface area contributed by atoms with Gasteiger partial charge < -0.3 is 19.0 Å². The lowest BCUT2D eigenvalue weighted by molar-refractivity contribution is 0.0990. The molecule has 3 rings (SSSR count). The van der Waals surface area contributed by atoms with Crippen molar-refractivity contribution >= 4 is 17.4 Å². The number of carbonyl (C=O) groups excluding carboxylic acids is 2. The van der Waals surface area contributed by atoms with Crippen molar-refractivity contribution in [1.82, 2.24) is 5.16 Å². The average molecular weight is 354 g/mol. The van der Waals surface area contributed by atoms with Gasteiger partial charge in [-0.2, -0.15) is 0 Å². The highest BCUT2D eigenvalue weighted by Gasteiger charge is 2.16. The molecule has 7 nitrogen and oxygen atoms in total. The smallest absolute Gasteiger partial charge is 0.291 e. The molecule has 2 heterocycles. The Balaban J connectivity index is 1.60. The standard InChI is InChI=1S/C19H18N2O5/c1-11-18(13(3)26-21-11)20-19(23)17-9-8-16(25-17)10-24-15-6-4-14(5-7-15)12(2)22/h4-9H,10H2,1-3H3,(H,20,23). The summed E-state index contributed by atoms with van der Waals surface area (Å²) in [5.74, 6) is 1.40. The van der Waals surface area contributed by atoms with Crippen LogP contribution >= 0.6 is 0 Å². The number of aromatic nitrogens is 1. The third-order valence-electron chi connectivity index (χ3n) is 3.80. The number of nitrogens with zero attached hydrogens (tertiary/aromatic N) is 1. The largest absolute Gasteiger partial charge is 0.486 e. The summed E-state index contributed by atoms with van der Waals surface area (Å²) in [7, 11) is 0. The van der Waals surface area contributed by atoms with Crippen LogP contribution in [0, 0.1) is 13.8 Å². The van der Waals surface area contributed by atoms with Crippen LogP contribution in [0.15, 0.2) is 45.3 Å². The minimum absolute atomic E-state index is 0.00321. The summed E-state index contributed by atoms with van der Waals surface area (Å²) in [4.78, 5) is 23.5. The van der Waals surface area contributed by atoms with Crippen LogP contribution in [0.3, 0.4) is 0 Å². The number of benzene rings is 1. The topological polar surface area (TPSA) is 94.6 Å². The van der Waals surface area contributed by atoms with Gasteiger partial charge in [0.2, 0.25) is 0 Å². The Kier molecular flexibility index (Phi) is 4.88. The molecule has 0 fully saturated rings. The van der Waals surface area contributed by atoms with Crippen LogP contribution in [-0.4, -0.2) is 16.8 Å². The van der Waals surface area contributed by atoms with Crippen LogP contribution in [0.25, 0.3) is 0 Å². The molecular weight excluding hydrogens is 336 g/mol. The normalized spacial score (nSPS) is 10.6. The summed E-state index contributed by atoms with van der Waals surface area (Å²) in [6.45, 7) is 5.13. The molecule has 2 aromatic heterocycles. The van der Waals surface area contributed by atoms with Gasteiger partial charge in [-0.15, -0.1) is 0 Å². The molecule has 0 radical (unpaired) electrons. The predicted octanol–water partition coefficient (Wildman–Crippen LogP) is 3.92. The number of nitrogens with one attached hydrogen (secondary N) is 1. The molecule has 0 saturated heterocycles. The summed E-state index contributed by atoms with van der Waals surface area (Å²) in [5, 5.41) is 6.50. The number of hydrogen-bond acceptors (Lipinski definition) is 6. The second-order valence-electron chi connectivity index (χ2n) is 5.79. The molecule has 7 heteroatoms. The Hall–Kier alpha value is -3.35. The minimum Gasteiger partial charge on any atom is -0.486 e. The molecule has 3 aromatic rings. The Bertz CT molecular complexity index is 918. The quantitative estimate of drug-likeness (QED) is 0.674. The number of amides is 1. The van der Waals surface area contributed by atoms with E-state index in [1.807, 2.05) is 0 Å². The maximum atomic E-state index is 12.3. The molecule has 0 aliphatic carbocycles. The van der Waals surface area contributed by atoms with E-state index >= 15 is 0 Å². The lowest BCUT2D eigenvalue weighted by Crippen LogP contribution is -2.12. The van der Waals surface area contributed by atoms with E-state index in [4.69, 9.17) is 13.7 Å². The van der Waals surface area contributed by atoms with E-state index < -0.39 is 5.91 Å². The second-order valence-corrected chi connectivity index (χ2v) is 5.79. The molecule has 0 spiro atoms. The van der Waals surface area contributed by atoms with Crippen molar-refractivity contribution in [2.24, 2.45) is 0 Å². The number of furan rings is 1. The molecular formula is C19H18N2O5. The second kappa shape index (κ2) is 7.26. The Morgan fingerprint density at radius 2 is 1.85 bits per heavy atom. The van der Waals surface area contributed by atoms with Crippen molar-refractivity contribution < 1.29 is 23.3 Å². The van der Waals surface area contributed by atoms with Gasteiger partial charge in [0.05, 0.1) is 0 Å². The summed E-state index contributed by atoms with van der Waals surface area (Å²) in [6, 6.07) is 10.1. The monoisotopic (exact) mass is 354 g/mol. The van der Waals surface area contributed by atoms with Crippen LogP contribution in [0.1, 0.15) is 45.1 Å². The highest BCUT2D eigenvalue weighted by Crippen LogP contribution is 2.21. The summed E-state index contributed by atoms with van der Waals surface area (Å²) in [6.07, 6.45) is 0. The zero-order valence-electron chi connectivity index (χ0n) is 14.7. The molecule has 0 aliphatic rings. The Labute approximate surface area is 149 Å². The third-order valence-corrected chi connectivity index (χ3v) is 3.80. The van der Waals surface area contributed by atoms with Crippen LogP contribution in [0.5, 0.6) is 5.75 Å². The van der Waals surface area contributed by atoms with Crippen molar-refractivity contribution in [3.05, 3.63) is 64.9 Å². The molecule has 134 valence electrons. The Morgan fingerprint density at radius 3 is 2.46 bits per heavy atom. The summed E-state index contributed by atoms with van der Waals surface area (Å²) >= 11 is 0. The van der Waals surface area contributed by atoms with Crippen molar-refractivity contribution in [2.45, 2.75) is 27.4 Å². The molecule has 26 heavy (non-hydrogen) atoms. The zero-order valence-corrected chi connectivity index (χ0v) is 14.7. The van der Waals surface area contributed by atoms with Gasteiger partial charge in [0.25, 0.3) is 5.91 Å². The maximum absolute atomic E-state index is 12.3. The Morgan fingerprint density at radius 1 is 1.12 bits per heavy atom. The van der Waals surface area contributed by atoms with E-state index in [0.717, 1.165) is 0 Å². The zero-order chi connectivity index (χ0) is 18.7. The van der Waals surface area contributed by atoms with Crippen LogP contribution < -0.4 is 10.1 Å². The fourth-order valence-corrected chi connectivity index (χ4v) is 2.35. The lowest BCUT2D eigenvalue weighted by Gasteiger charge is -2.05. The summed E-state index contributed by atoms with van der Waals surface area (Å²) < 4.78 is 16.1. The van der Waals surface area contributed by atoms with Gasteiger partial charge in [0.1, 0.15) is 29.5 Å². The van der Waals surface area contributed by atoms with Gasteiger partial charge in [-0.3, -0.25) is 9.59 Å². The van der Waals surface area contributed by atoms with Gasteiger partial charge in [0.15, 0.2) is 17.3 Å². The number of rotatable bonds is 6. The third kappa shape index (κ3) is 3.83. The number of ether oxygens (including phenoxy) is 1. The first-order valence-electron chi connectivity index (χ1n) is 8.01. The van der Waals surface area contributed by atoms with E-state index in [-0.39, 0.29) is 18.2 Å². The molecule has 1 aromatic carbocycles. The molecule has 0 unspecified atom stereocenters. The number of ketones is 1. The lowest BCUT2D eigenvalue weighted by atomic mass is 10.1. The molecule has 1 N–H and O–H groups in total. The molecule has 0 bridgehead atoms. The fourth-order valence-electron chi connectivity index (χ4n) is 2.35. The first-order chi connectivity index (χ1) is 12.4. The molecule has 0 saturated carbocycles. The van der Waals surface area contributed by atoms with E-state index in [1.165, 1.54) is 6.92 Å². The van der Waals surface area contributed by atoms with Crippen LogP contribution in [-0.2, 0) is 6.61 Å². The van der Waals surface area contributed by atoms with Crippen molar-refractivity contribution in [3.63, 3.8) is 0 Å². The number of hydrogen-bond donors (Lipinski definition) is 1. The first-order valence-corrected chi connectivity index (χ1v) is 8.01. The van der Waals surface area contributed by atoms with Gasteiger partial charge in [-0.05, 0) is 57.2 Å². The van der Waals surface area contributed by atoms with Gasteiger partial charge >= 0.3 is 0 Å². The number of Topliss-reactive ketones (excluding diaryl/α,β-unsaturated/α-hetero) is 1. The predicted molar refractivity (Wildman–Crippen MR) is 93.4 cm³/mol. The molecule has 1 amide bonds. The van der Waals surface area contributed by atoms with Crippen molar-refractivity contribution in [2.75, 3.05) is 5.32 Å². The maximum Gasteiger partial charge on any atom is 0.291 e. The van der Waals surface area contributed by atoms with Crippen LogP contribution in [0.4, 0.5) is 5.69 Å². The number of aryl methyl sites for hydroxylation is 2. The van der Waals surface area contributed by atoms with Gasteiger partial charge in [-0.1, -0.05) is 5.16 Å². The first kappa shape index (κ1) is 17.5. The highest BCUT2D eigenvalue weighted by molar-refractivity contribution is 6.02. The van der Waals surface area contributed by atoms with Crippen LogP contribution in [0.2, 0.25) is 0 Å². The van der Waals surface area contributed by atoms with Crippen molar-refractivity contribution in [1.29, 1.82) is 0 Å². The molecule has 0 aliphatic heterocycles. The van der Waals surface area contributed by atoms with Crippen molar-refractivity contribution in [3.8, 4) is 5.75 Å². The van der Waals surface area contributed by atoms with E-state index in [9.17, 15) is 9.59 Å². The SMILES string of the molecule is CC(=O)c1ccc(OCc2ccc(C(=O)Nc3c(C)noc3C)o2)cc1. The average Bonchev–Trinajstić information content (AvgIpc) is 3.22. The number of carbonyl (C=O) groups is 2. The molecule has 0 atom stereocenters. The van der Waals surface area contributed by atoms with E-state index in [2.05, 4.69) is 10.5 Å². The van der Waals surface area contributed by atoms with E-state index in [0.29, 0.717) is 34.2 Å². The van der Waals surface area contributed by atoms with Gasteiger partial charge in [-0.25, -0.2) is 0 Å². The fraction of sp³-hybridized carbons (Fsp3) is 0.211. The number of anilines is 1. The van der Waals surface area contributed by atoms with Gasteiger partial charge in [0, 0.05) is 5.56 Å². The van der Waals surface area contributed by atoms with E-state index in [1.54, 1.807) is 50.2 Å². The minimum atomic E-state index is -0.392. The highest BCUT2D eigenvalue weighted by atomic mass is 16.5. The summed E-state index contributed by atoms with van der Waals surface area (Å²) in [5.41, 5.74) is 1.75.